The maximum atomic E-state index is 12.4. The Labute approximate surface area is 134 Å². The molecule has 0 spiro atoms. The normalized spacial score (nSPS) is 11.4. The number of pyridine rings is 1. The molecular weight excluding hydrogens is 314 g/mol. The number of aryl methyl sites for hydroxylation is 2. The van der Waals surface area contributed by atoms with Crippen LogP contribution in [0.3, 0.4) is 0 Å². The molecule has 0 fully saturated rings. The number of rotatable bonds is 4. The highest BCUT2D eigenvalue weighted by molar-refractivity contribution is 7.92. The molecule has 0 saturated heterocycles. The standard InChI is InChI=1S/C16H15N3O3S/c1-11-16(12(2)22-18-11)23(20,21)19-14-8-9-15(17-10-14)13-6-4-3-5-7-13/h3-10,19H,1-2H3. The number of nitrogens with zero attached hydrogens (tertiary/aromatic N) is 2. The molecule has 2 aromatic heterocycles. The summed E-state index contributed by atoms with van der Waals surface area (Å²) in [5, 5.41) is 3.67. The summed E-state index contributed by atoms with van der Waals surface area (Å²) in [4.78, 5) is 4.35. The summed E-state index contributed by atoms with van der Waals surface area (Å²) in [6, 6.07) is 13.1. The second kappa shape index (κ2) is 5.85. The first kappa shape index (κ1) is 15.2. The zero-order valence-electron chi connectivity index (χ0n) is 12.6. The zero-order chi connectivity index (χ0) is 16.4. The third kappa shape index (κ3) is 3.09. The molecule has 118 valence electrons. The van der Waals surface area contributed by atoms with Crippen molar-refractivity contribution in [2.75, 3.05) is 4.72 Å². The van der Waals surface area contributed by atoms with Crippen LogP contribution in [0.25, 0.3) is 11.3 Å². The van der Waals surface area contributed by atoms with Gasteiger partial charge in [-0.15, -0.1) is 0 Å². The van der Waals surface area contributed by atoms with Crippen LogP contribution in [-0.4, -0.2) is 18.6 Å². The molecule has 1 aromatic carbocycles. The Morgan fingerprint density at radius 3 is 2.35 bits per heavy atom. The van der Waals surface area contributed by atoms with E-state index in [2.05, 4.69) is 14.9 Å². The van der Waals surface area contributed by atoms with Crippen molar-refractivity contribution in [1.82, 2.24) is 10.1 Å². The Morgan fingerprint density at radius 1 is 1.04 bits per heavy atom. The summed E-state index contributed by atoms with van der Waals surface area (Å²) < 4.78 is 32.2. The summed E-state index contributed by atoms with van der Waals surface area (Å²) in [5.74, 6) is 0.254. The van der Waals surface area contributed by atoms with Gasteiger partial charge < -0.3 is 4.52 Å². The number of anilines is 1. The smallest absolute Gasteiger partial charge is 0.267 e. The first-order valence-electron chi connectivity index (χ1n) is 6.94. The summed E-state index contributed by atoms with van der Waals surface area (Å²) >= 11 is 0. The van der Waals surface area contributed by atoms with Crippen molar-refractivity contribution in [2.24, 2.45) is 0 Å². The van der Waals surface area contributed by atoms with Crippen LogP contribution in [0.4, 0.5) is 5.69 Å². The largest absolute Gasteiger partial charge is 0.360 e. The van der Waals surface area contributed by atoms with E-state index in [1.165, 1.54) is 6.20 Å². The van der Waals surface area contributed by atoms with Crippen LogP contribution in [-0.2, 0) is 10.0 Å². The fourth-order valence-electron chi connectivity index (χ4n) is 2.30. The Balaban J connectivity index is 1.87. The van der Waals surface area contributed by atoms with Gasteiger partial charge in [0.2, 0.25) is 0 Å². The summed E-state index contributed by atoms with van der Waals surface area (Å²) in [6.07, 6.45) is 1.48. The summed E-state index contributed by atoms with van der Waals surface area (Å²) in [7, 11) is -3.76. The third-order valence-corrected chi connectivity index (χ3v) is 4.95. The topological polar surface area (TPSA) is 85.1 Å². The van der Waals surface area contributed by atoms with Crippen molar-refractivity contribution in [3.8, 4) is 11.3 Å². The quantitative estimate of drug-likeness (QED) is 0.794. The van der Waals surface area contributed by atoms with Crippen molar-refractivity contribution in [3.05, 3.63) is 60.1 Å². The third-order valence-electron chi connectivity index (χ3n) is 3.32. The van der Waals surface area contributed by atoms with E-state index in [4.69, 9.17) is 4.52 Å². The molecule has 0 aliphatic heterocycles. The predicted octanol–water partition coefficient (Wildman–Crippen LogP) is 3.15. The summed E-state index contributed by atoms with van der Waals surface area (Å²) in [5.41, 5.74) is 2.44. The van der Waals surface area contributed by atoms with Gasteiger partial charge in [0.1, 0.15) is 5.69 Å². The zero-order valence-corrected chi connectivity index (χ0v) is 13.5. The van der Waals surface area contributed by atoms with Crippen LogP contribution < -0.4 is 4.72 Å². The summed E-state index contributed by atoms with van der Waals surface area (Å²) in [6.45, 7) is 3.15. The molecule has 0 aliphatic rings. The first-order chi connectivity index (χ1) is 11.0. The molecule has 6 nitrogen and oxygen atoms in total. The van der Waals surface area contributed by atoms with Gasteiger partial charge in [0.25, 0.3) is 10.0 Å². The first-order valence-corrected chi connectivity index (χ1v) is 8.43. The van der Waals surface area contributed by atoms with Crippen molar-refractivity contribution in [2.45, 2.75) is 18.7 Å². The molecule has 23 heavy (non-hydrogen) atoms. The Bertz CT molecular complexity index is 897. The molecule has 0 aliphatic carbocycles. The van der Waals surface area contributed by atoms with Gasteiger partial charge in [0.15, 0.2) is 10.7 Å². The second-order valence-corrected chi connectivity index (χ2v) is 6.68. The molecule has 1 N–H and O–H groups in total. The lowest BCUT2D eigenvalue weighted by Gasteiger charge is -2.08. The van der Waals surface area contributed by atoms with Crippen LogP contribution in [0.2, 0.25) is 0 Å². The van der Waals surface area contributed by atoms with Crippen molar-refractivity contribution < 1.29 is 12.9 Å². The number of benzene rings is 1. The molecule has 0 atom stereocenters. The van der Waals surface area contributed by atoms with Gasteiger partial charge in [-0.3, -0.25) is 9.71 Å². The van der Waals surface area contributed by atoms with E-state index in [1.807, 2.05) is 30.3 Å². The molecule has 0 bridgehead atoms. The average Bonchev–Trinajstić information content (AvgIpc) is 2.88. The molecule has 0 radical (unpaired) electrons. The van der Waals surface area contributed by atoms with Gasteiger partial charge in [0, 0.05) is 5.56 Å². The maximum absolute atomic E-state index is 12.4. The van der Waals surface area contributed by atoms with E-state index >= 15 is 0 Å². The van der Waals surface area contributed by atoms with E-state index in [-0.39, 0.29) is 10.7 Å². The van der Waals surface area contributed by atoms with E-state index in [0.29, 0.717) is 11.4 Å². The van der Waals surface area contributed by atoms with Crippen LogP contribution in [0, 0.1) is 13.8 Å². The average molecular weight is 329 g/mol. The lowest BCUT2D eigenvalue weighted by Crippen LogP contribution is -2.14. The number of aromatic nitrogens is 2. The number of sulfonamides is 1. The van der Waals surface area contributed by atoms with Gasteiger partial charge in [-0.1, -0.05) is 35.5 Å². The molecule has 7 heteroatoms. The Hall–Kier alpha value is -2.67. The number of hydrogen-bond acceptors (Lipinski definition) is 5. The molecule has 2 heterocycles. The number of hydrogen-bond donors (Lipinski definition) is 1. The van der Waals surface area contributed by atoms with E-state index in [1.54, 1.807) is 26.0 Å². The molecular formula is C16H15N3O3S. The molecule has 0 saturated carbocycles. The van der Waals surface area contributed by atoms with Gasteiger partial charge >= 0.3 is 0 Å². The molecule has 0 amide bonds. The second-order valence-electron chi connectivity index (χ2n) is 5.06. The van der Waals surface area contributed by atoms with Crippen LogP contribution in [0.1, 0.15) is 11.5 Å². The van der Waals surface area contributed by atoms with Crippen LogP contribution in [0.5, 0.6) is 0 Å². The van der Waals surface area contributed by atoms with Gasteiger partial charge in [-0.05, 0) is 26.0 Å². The van der Waals surface area contributed by atoms with Crippen molar-refractivity contribution >= 4 is 15.7 Å². The van der Waals surface area contributed by atoms with E-state index < -0.39 is 10.0 Å². The van der Waals surface area contributed by atoms with Crippen LogP contribution >= 0.6 is 0 Å². The highest BCUT2D eigenvalue weighted by Gasteiger charge is 2.24. The fourth-order valence-corrected chi connectivity index (χ4v) is 3.67. The minimum absolute atomic E-state index is 0.0598. The van der Waals surface area contributed by atoms with Gasteiger partial charge in [-0.2, -0.15) is 0 Å². The van der Waals surface area contributed by atoms with Crippen molar-refractivity contribution in [3.63, 3.8) is 0 Å². The van der Waals surface area contributed by atoms with Gasteiger partial charge in [0.05, 0.1) is 17.6 Å². The van der Waals surface area contributed by atoms with Gasteiger partial charge in [-0.25, -0.2) is 8.42 Å². The maximum Gasteiger partial charge on any atom is 0.267 e. The molecule has 0 unspecified atom stereocenters. The number of nitrogens with one attached hydrogen (secondary N) is 1. The monoisotopic (exact) mass is 329 g/mol. The Morgan fingerprint density at radius 2 is 1.78 bits per heavy atom. The lowest BCUT2D eigenvalue weighted by atomic mass is 10.1. The lowest BCUT2D eigenvalue weighted by molar-refractivity contribution is 0.390. The SMILES string of the molecule is Cc1noc(C)c1S(=O)(=O)Nc1ccc(-c2ccccc2)nc1. The van der Waals surface area contributed by atoms with Crippen molar-refractivity contribution in [1.29, 1.82) is 0 Å². The van der Waals surface area contributed by atoms with Crippen LogP contribution in [0.15, 0.2) is 58.1 Å². The molecule has 3 aromatic rings. The highest BCUT2D eigenvalue weighted by atomic mass is 32.2. The fraction of sp³-hybridized carbons (Fsp3) is 0.125. The Kier molecular flexibility index (Phi) is 3.87. The van der Waals surface area contributed by atoms with E-state index in [0.717, 1.165) is 11.3 Å². The highest BCUT2D eigenvalue weighted by Crippen LogP contribution is 2.23. The predicted molar refractivity (Wildman–Crippen MR) is 86.5 cm³/mol. The minimum atomic E-state index is -3.76. The van der Waals surface area contributed by atoms with E-state index in [9.17, 15) is 8.42 Å². The molecule has 3 rings (SSSR count). The minimum Gasteiger partial charge on any atom is -0.360 e.